The number of hydrogen-bond acceptors (Lipinski definition) is 3. The highest BCUT2D eigenvalue weighted by Gasteiger charge is 2.15. The largest absolute Gasteiger partial charge is 0.374 e. The lowest BCUT2D eigenvalue weighted by Gasteiger charge is -2.16. The fraction of sp³-hybridized carbons (Fsp3) is 0.294. The number of nitrogens with one attached hydrogen (secondary N) is 1. The summed E-state index contributed by atoms with van der Waals surface area (Å²) in [5.41, 5.74) is 5.29. The summed E-state index contributed by atoms with van der Waals surface area (Å²) in [7, 11) is 2.06. The molecule has 0 aliphatic carbocycles. The van der Waals surface area contributed by atoms with Crippen LogP contribution in [0.3, 0.4) is 0 Å². The molecule has 0 saturated heterocycles. The molecule has 1 unspecified atom stereocenters. The Hall–Kier alpha value is -2.36. The first-order valence-corrected chi connectivity index (χ1v) is 7.18. The second-order valence-corrected chi connectivity index (χ2v) is 5.47. The van der Waals surface area contributed by atoms with E-state index in [0.717, 1.165) is 33.9 Å². The second-order valence-electron chi connectivity index (χ2n) is 5.47. The molecule has 1 aromatic carbocycles. The molecular formula is C17H20N4. The summed E-state index contributed by atoms with van der Waals surface area (Å²) >= 11 is 0. The van der Waals surface area contributed by atoms with Crippen LogP contribution in [0.25, 0.3) is 11.0 Å². The van der Waals surface area contributed by atoms with Gasteiger partial charge in [-0.2, -0.15) is 0 Å². The van der Waals surface area contributed by atoms with E-state index in [2.05, 4.69) is 41.0 Å². The van der Waals surface area contributed by atoms with E-state index < -0.39 is 0 Å². The Morgan fingerprint density at radius 3 is 2.52 bits per heavy atom. The van der Waals surface area contributed by atoms with Crippen molar-refractivity contribution >= 4 is 16.7 Å². The van der Waals surface area contributed by atoms with E-state index in [1.165, 1.54) is 0 Å². The zero-order valence-corrected chi connectivity index (χ0v) is 12.9. The van der Waals surface area contributed by atoms with Gasteiger partial charge >= 0.3 is 0 Å². The predicted molar refractivity (Wildman–Crippen MR) is 86.5 cm³/mol. The number of anilines is 1. The molecule has 3 aromatic rings. The van der Waals surface area contributed by atoms with E-state index in [-0.39, 0.29) is 6.04 Å². The maximum atomic E-state index is 4.74. The molecular weight excluding hydrogens is 260 g/mol. The van der Waals surface area contributed by atoms with Crippen molar-refractivity contribution in [1.82, 2.24) is 14.5 Å². The number of rotatable bonds is 3. The van der Waals surface area contributed by atoms with Crippen LogP contribution < -0.4 is 5.32 Å². The average Bonchev–Trinajstić information content (AvgIpc) is 2.80. The fourth-order valence-corrected chi connectivity index (χ4v) is 2.69. The normalized spacial score (nSPS) is 12.6. The lowest BCUT2D eigenvalue weighted by atomic mass is 10.2. The topological polar surface area (TPSA) is 42.7 Å². The SMILES string of the molecule is Cc1ccc(NC(C)c2nc3ccccc3n2C)c(C)n1. The van der Waals surface area contributed by atoms with Gasteiger partial charge in [-0.1, -0.05) is 12.1 Å². The van der Waals surface area contributed by atoms with Gasteiger partial charge in [0.05, 0.1) is 28.5 Å². The molecule has 0 bridgehead atoms. The summed E-state index contributed by atoms with van der Waals surface area (Å²) in [6.45, 7) is 6.16. The van der Waals surface area contributed by atoms with Gasteiger partial charge in [0.15, 0.2) is 0 Å². The molecule has 4 heteroatoms. The minimum atomic E-state index is 0.116. The number of imidazole rings is 1. The molecule has 4 nitrogen and oxygen atoms in total. The number of nitrogens with zero attached hydrogens (tertiary/aromatic N) is 3. The van der Waals surface area contributed by atoms with E-state index in [4.69, 9.17) is 4.98 Å². The molecule has 1 atom stereocenters. The van der Waals surface area contributed by atoms with Crippen molar-refractivity contribution in [3.05, 3.63) is 53.6 Å². The van der Waals surface area contributed by atoms with Gasteiger partial charge in [-0.25, -0.2) is 4.98 Å². The molecule has 3 rings (SSSR count). The van der Waals surface area contributed by atoms with E-state index >= 15 is 0 Å². The summed E-state index contributed by atoms with van der Waals surface area (Å²) in [5, 5.41) is 3.51. The van der Waals surface area contributed by atoms with Crippen LogP contribution in [0.4, 0.5) is 5.69 Å². The summed E-state index contributed by atoms with van der Waals surface area (Å²) in [5.74, 6) is 1.02. The lowest BCUT2D eigenvalue weighted by Crippen LogP contribution is -2.13. The molecule has 2 heterocycles. The smallest absolute Gasteiger partial charge is 0.131 e. The minimum Gasteiger partial charge on any atom is -0.374 e. The number of benzene rings is 1. The fourth-order valence-electron chi connectivity index (χ4n) is 2.69. The van der Waals surface area contributed by atoms with E-state index in [1.807, 2.05) is 38.1 Å². The zero-order chi connectivity index (χ0) is 15.0. The van der Waals surface area contributed by atoms with Crippen LogP contribution in [0.2, 0.25) is 0 Å². The number of pyridine rings is 1. The Kier molecular flexibility index (Phi) is 3.37. The zero-order valence-electron chi connectivity index (χ0n) is 12.9. The van der Waals surface area contributed by atoms with Crippen molar-refractivity contribution < 1.29 is 0 Å². The number of aromatic nitrogens is 3. The van der Waals surface area contributed by atoms with Gasteiger partial charge in [0.1, 0.15) is 5.82 Å². The van der Waals surface area contributed by atoms with Crippen molar-refractivity contribution in [2.75, 3.05) is 5.32 Å². The van der Waals surface area contributed by atoms with Crippen LogP contribution in [0.15, 0.2) is 36.4 Å². The number of aryl methyl sites for hydroxylation is 3. The van der Waals surface area contributed by atoms with Crippen LogP contribution in [0, 0.1) is 13.8 Å². The molecule has 2 aromatic heterocycles. The predicted octanol–water partition coefficient (Wildman–Crippen LogP) is 3.76. The molecule has 0 aliphatic heterocycles. The molecule has 21 heavy (non-hydrogen) atoms. The Morgan fingerprint density at radius 2 is 1.81 bits per heavy atom. The number of fused-ring (bicyclic) bond motifs is 1. The Labute approximate surface area is 124 Å². The molecule has 0 amide bonds. The molecule has 0 fully saturated rings. The van der Waals surface area contributed by atoms with Crippen molar-refractivity contribution in [2.24, 2.45) is 7.05 Å². The molecule has 0 spiro atoms. The monoisotopic (exact) mass is 280 g/mol. The molecule has 108 valence electrons. The second kappa shape index (κ2) is 5.20. The van der Waals surface area contributed by atoms with Gasteiger partial charge in [-0.05, 0) is 45.0 Å². The van der Waals surface area contributed by atoms with Gasteiger partial charge in [0.25, 0.3) is 0 Å². The number of para-hydroxylation sites is 2. The molecule has 0 saturated carbocycles. The highest BCUT2D eigenvalue weighted by molar-refractivity contribution is 5.76. The molecule has 0 aliphatic rings. The van der Waals surface area contributed by atoms with E-state index in [1.54, 1.807) is 0 Å². The highest BCUT2D eigenvalue weighted by Crippen LogP contribution is 2.23. The third-order valence-electron chi connectivity index (χ3n) is 3.81. The Balaban J connectivity index is 1.93. The highest BCUT2D eigenvalue weighted by atomic mass is 15.1. The van der Waals surface area contributed by atoms with Crippen LogP contribution in [0.1, 0.15) is 30.2 Å². The van der Waals surface area contributed by atoms with E-state index in [9.17, 15) is 0 Å². The lowest BCUT2D eigenvalue weighted by molar-refractivity contribution is 0.732. The van der Waals surface area contributed by atoms with Crippen LogP contribution in [-0.2, 0) is 7.05 Å². The first kappa shape index (κ1) is 13.6. The first-order valence-electron chi connectivity index (χ1n) is 7.18. The van der Waals surface area contributed by atoms with E-state index in [0.29, 0.717) is 0 Å². The third-order valence-corrected chi connectivity index (χ3v) is 3.81. The first-order chi connectivity index (χ1) is 10.1. The van der Waals surface area contributed by atoms with Gasteiger partial charge in [-0.3, -0.25) is 4.98 Å². The standard InChI is InChI=1S/C17H20N4/c1-11-9-10-14(12(2)18-11)19-13(3)17-20-15-7-5-6-8-16(15)21(17)4/h5-10,13,19H,1-4H3. The summed E-state index contributed by atoms with van der Waals surface area (Å²) < 4.78 is 2.14. The van der Waals surface area contributed by atoms with Crippen molar-refractivity contribution in [3.8, 4) is 0 Å². The van der Waals surface area contributed by atoms with Crippen LogP contribution in [-0.4, -0.2) is 14.5 Å². The maximum Gasteiger partial charge on any atom is 0.131 e. The van der Waals surface area contributed by atoms with Gasteiger partial charge in [-0.15, -0.1) is 0 Å². The third kappa shape index (κ3) is 2.49. The van der Waals surface area contributed by atoms with Crippen molar-refractivity contribution in [1.29, 1.82) is 0 Å². The minimum absolute atomic E-state index is 0.116. The maximum absolute atomic E-state index is 4.74. The number of hydrogen-bond donors (Lipinski definition) is 1. The van der Waals surface area contributed by atoms with Crippen LogP contribution in [0.5, 0.6) is 0 Å². The Morgan fingerprint density at radius 1 is 1.05 bits per heavy atom. The van der Waals surface area contributed by atoms with Gasteiger partial charge in [0, 0.05) is 12.7 Å². The summed E-state index contributed by atoms with van der Waals surface area (Å²) in [4.78, 5) is 9.23. The van der Waals surface area contributed by atoms with Crippen molar-refractivity contribution in [3.63, 3.8) is 0 Å². The summed E-state index contributed by atoms with van der Waals surface area (Å²) in [6.07, 6.45) is 0. The van der Waals surface area contributed by atoms with Gasteiger partial charge < -0.3 is 9.88 Å². The summed E-state index contributed by atoms with van der Waals surface area (Å²) in [6, 6.07) is 12.4. The molecule has 0 radical (unpaired) electrons. The Bertz CT molecular complexity index is 789. The van der Waals surface area contributed by atoms with Crippen molar-refractivity contribution in [2.45, 2.75) is 26.8 Å². The van der Waals surface area contributed by atoms with Gasteiger partial charge in [0.2, 0.25) is 0 Å². The quantitative estimate of drug-likeness (QED) is 0.794. The molecule has 1 N–H and O–H groups in total. The van der Waals surface area contributed by atoms with Crippen LogP contribution >= 0.6 is 0 Å². The average molecular weight is 280 g/mol.